The van der Waals surface area contributed by atoms with Gasteiger partial charge in [0.1, 0.15) is 18.1 Å². The van der Waals surface area contributed by atoms with Crippen molar-refractivity contribution in [3.63, 3.8) is 0 Å². The summed E-state index contributed by atoms with van der Waals surface area (Å²) in [5, 5.41) is 21.1. The van der Waals surface area contributed by atoms with Crippen molar-refractivity contribution in [2.45, 2.75) is 38.6 Å². The Hall–Kier alpha value is -3.94. The van der Waals surface area contributed by atoms with Crippen LogP contribution < -0.4 is 4.74 Å². The number of benzene rings is 3. The fraction of sp³-hybridized carbons (Fsp3) is 0.294. The second kappa shape index (κ2) is 11.5. The molecular weight excluding hydrogens is 515 g/mol. The van der Waals surface area contributed by atoms with Crippen LogP contribution in [0.1, 0.15) is 52.5 Å². The average molecular weight is 548 g/mol. The first-order chi connectivity index (χ1) is 19.9. The van der Waals surface area contributed by atoms with Crippen LogP contribution in [0.25, 0.3) is 6.08 Å². The van der Waals surface area contributed by atoms with Crippen molar-refractivity contribution < 1.29 is 29.1 Å². The van der Waals surface area contributed by atoms with Crippen LogP contribution in [-0.2, 0) is 4.65 Å². The SMILES string of the molecule is C/C(=C\c1ccccc1O)CC[C@H]1OB(O)C[C@H]2C1=C(COc1ccccc1)C[C@H]1C(=O)c3ccccc3C(=O)[C@H]12. The lowest BCUT2D eigenvalue weighted by atomic mass is 9.54. The van der Waals surface area contributed by atoms with Crippen molar-refractivity contribution >= 4 is 24.8 Å². The quantitative estimate of drug-likeness (QED) is 0.271. The van der Waals surface area contributed by atoms with E-state index >= 15 is 0 Å². The van der Waals surface area contributed by atoms with E-state index in [1.54, 1.807) is 36.4 Å². The molecule has 3 aliphatic rings. The summed E-state index contributed by atoms with van der Waals surface area (Å²) in [5.74, 6) is -0.436. The maximum absolute atomic E-state index is 13.9. The summed E-state index contributed by atoms with van der Waals surface area (Å²) < 4.78 is 12.3. The monoisotopic (exact) mass is 548 g/mol. The number of fused-ring (bicyclic) bond motifs is 4. The number of carbonyl (C=O) groups excluding carboxylic acids is 2. The summed E-state index contributed by atoms with van der Waals surface area (Å²) in [7, 11) is -1.04. The molecule has 1 saturated heterocycles. The van der Waals surface area contributed by atoms with Crippen molar-refractivity contribution in [2.24, 2.45) is 17.8 Å². The molecule has 6 nitrogen and oxygen atoms in total. The molecule has 1 fully saturated rings. The number of ether oxygens (including phenoxy) is 1. The number of hydrogen-bond donors (Lipinski definition) is 2. The van der Waals surface area contributed by atoms with Gasteiger partial charge in [0, 0.05) is 28.5 Å². The lowest BCUT2D eigenvalue weighted by molar-refractivity contribution is 0.0592. The number of para-hydroxylation sites is 2. The van der Waals surface area contributed by atoms with Crippen LogP contribution in [0.4, 0.5) is 0 Å². The maximum Gasteiger partial charge on any atom is 0.455 e. The van der Waals surface area contributed by atoms with Crippen molar-refractivity contribution in [3.05, 3.63) is 112 Å². The minimum absolute atomic E-state index is 0.0135. The molecule has 4 atom stereocenters. The van der Waals surface area contributed by atoms with Gasteiger partial charge in [0.05, 0.1) is 6.10 Å². The van der Waals surface area contributed by atoms with Gasteiger partial charge in [-0.1, -0.05) is 72.3 Å². The van der Waals surface area contributed by atoms with Crippen molar-refractivity contribution in [2.75, 3.05) is 6.61 Å². The number of aromatic hydroxyl groups is 1. The topological polar surface area (TPSA) is 93.1 Å². The smallest absolute Gasteiger partial charge is 0.455 e. The highest BCUT2D eigenvalue weighted by atomic mass is 16.5. The van der Waals surface area contributed by atoms with Gasteiger partial charge >= 0.3 is 7.12 Å². The Labute approximate surface area is 240 Å². The second-order valence-corrected chi connectivity index (χ2v) is 11.3. The molecule has 6 rings (SSSR count). The zero-order chi connectivity index (χ0) is 28.5. The van der Waals surface area contributed by atoms with Crippen LogP contribution in [0.2, 0.25) is 6.32 Å². The maximum atomic E-state index is 13.9. The van der Waals surface area contributed by atoms with Crippen LogP contribution in [0.3, 0.4) is 0 Å². The predicted molar refractivity (Wildman–Crippen MR) is 158 cm³/mol. The Bertz CT molecular complexity index is 1530. The van der Waals surface area contributed by atoms with Gasteiger partial charge < -0.3 is 19.5 Å². The van der Waals surface area contributed by atoms with Gasteiger partial charge in [-0.2, -0.15) is 0 Å². The number of hydrogen-bond acceptors (Lipinski definition) is 6. The molecule has 0 unspecified atom stereocenters. The fourth-order valence-corrected chi connectivity index (χ4v) is 6.79. The third-order valence-electron chi connectivity index (χ3n) is 8.66. The third-order valence-corrected chi connectivity index (χ3v) is 8.66. The van der Waals surface area contributed by atoms with E-state index in [-0.39, 0.29) is 36.2 Å². The molecule has 1 aliphatic heterocycles. The van der Waals surface area contributed by atoms with Crippen molar-refractivity contribution in [3.8, 4) is 11.5 Å². The molecular formula is C34H33BO6. The van der Waals surface area contributed by atoms with E-state index in [1.165, 1.54) is 0 Å². The van der Waals surface area contributed by atoms with E-state index in [2.05, 4.69) is 0 Å². The van der Waals surface area contributed by atoms with Crippen molar-refractivity contribution in [1.82, 2.24) is 0 Å². The van der Waals surface area contributed by atoms with E-state index in [9.17, 15) is 19.7 Å². The zero-order valence-corrected chi connectivity index (χ0v) is 23.0. The molecule has 2 aliphatic carbocycles. The van der Waals surface area contributed by atoms with Crippen LogP contribution in [0.15, 0.2) is 95.6 Å². The number of carbonyl (C=O) groups is 2. The van der Waals surface area contributed by atoms with Crippen LogP contribution in [0, 0.1) is 17.8 Å². The number of Topliss-reactive ketones (excluding diaryl/α,β-unsaturated/α-hetero) is 2. The first kappa shape index (κ1) is 27.2. The summed E-state index contributed by atoms with van der Waals surface area (Å²) in [6.07, 6.45) is 3.46. The molecule has 208 valence electrons. The molecule has 1 heterocycles. The minimum atomic E-state index is -1.04. The number of phenolic OH excluding ortho intramolecular Hbond substituents is 1. The van der Waals surface area contributed by atoms with Gasteiger partial charge in [0.2, 0.25) is 0 Å². The summed E-state index contributed by atoms with van der Waals surface area (Å²) >= 11 is 0. The largest absolute Gasteiger partial charge is 0.507 e. The highest BCUT2D eigenvalue weighted by Gasteiger charge is 2.53. The zero-order valence-electron chi connectivity index (χ0n) is 23.0. The highest BCUT2D eigenvalue weighted by molar-refractivity contribution is 6.43. The second-order valence-electron chi connectivity index (χ2n) is 11.3. The highest BCUT2D eigenvalue weighted by Crippen LogP contribution is 2.51. The Balaban J connectivity index is 1.35. The van der Waals surface area contributed by atoms with Gasteiger partial charge in [-0.3, -0.25) is 9.59 Å². The molecule has 0 amide bonds. The van der Waals surface area contributed by atoms with Gasteiger partial charge in [-0.25, -0.2) is 0 Å². The Morgan fingerprint density at radius 2 is 1.63 bits per heavy atom. The molecule has 41 heavy (non-hydrogen) atoms. The minimum Gasteiger partial charge on any atom is -0.507 e. The molecule has 0 aromatic heterocycles. The molecule has 3 aromatic carbocycles. The van der Waals surface area contributed by atoms with Crippen LogP contribution in [-0.4, -0.2) is 41.5 Å². The first-order valence-corrected chi connectivity index (χ1v) is 14.3. The Morgan fingerprint density at radius 1 is 0.951 bits per heavy atom. The van der Waals surface area contributed by atoms with E-state index in [0.717, 1.165) is 28.0 Å². The molecule has 0 bridgehead atoms. The predicted octanol–water partition coefficient (Wildman–Crippen LogP) is 6.16. The molecule has 0 spiro atoms. The van der Waals surface area contributed by atoms with E-state index in [1.807, 2.05) is 55.5 Å². The summed E-state index contributed by atoms with van der Waals surface area (Å²) in [5.41, 5.74) is 4.72. The molecule has 0 radical (unpaired) electrons. The van der Waals surface area contributed by atoms with E-state index < -0.39 is 25.1 Å². The molecule has 3 aromatic rings. The van der Waals surface area contributed by atoms with Gasteiger partial charge in [0.15, 0.2) is 11.6 Å². The normalized spacial score (nSPS) is 24.0. The Kier molecular flexibility index (Phi) is 7.65. The summed E-state index contributed by atoms with van der Waals surface area (Å²) in [6.45, 7) is 2.29. The first-order valence-electron chi connectivity index (χ1n) is 14.3. The van der Waals surface area contributed by atoms with Gasteiger partial charge in [-0.05, 0) is 67.8 Å². The number of allylic oxidation sites excluding steroid dienone is 1. The van der Waals surface area contributed by atoms with E-state index in [4.69, 9.17) is 9.39 Å². The van der Waals surface area contributed by atoms with E-state index in [0.29, 0.717) is 30.4 Å². The summed E-state index contributed by atoms with van der Waals surface area (Å²) in [6, 6.07) is 23.8. The fourth-order valence-electron chi connectivity index (χ4n) is 6.79. The third kappa shape index (κ3) is 5.40. The average Bonchev–Trinajstić information content (AvgIpc) is 2.98. The van der Waals surface area contributed by atoms with Crippen LogP contribution >= 0.6 is 0 Å². The van der Waals surface area contributed by atoms with Crippen LogP contribution in [0.5, 0.6) is 11.5 Å². The number of rotatable bonds is 7. The standard InChI is InChI=1S/C34H33BO6/c1-21(17-22-9-5-8-14-29(22)36)15-16-30-31-23(20-40-24-10-3-2-4-11-24)18-27-32(28(31)19-35(39)41-30)34(38)26-13-7-6-12-25(26)33(27)37/h2-14,17,27-28,30,32,36,39H,15-16,18-20H2,1H3/b21-17+/t27-,28+,30-,32-/m1/s1. The molecule has 2 N–H and O–H groups in total. The number of phenols is 1. The van der Waals surface area contributed by atoms with Gasteiger partial charge in [-0.15, -0.1) is 0 Å². The lowest BCUT2D eigenvalue weighted by Crippen LogP contribution is -2.51. The lowest BCUT2D eigenvalue weighted by Gasteiger charge is -2.47. The number of ketones is 2. The molecule has 7 heteroatoms. The Morgan fingerprint density at radius 3 is 2.39 bits per heavy atom. The summed E-state index contributed by atoms with van der Waals surface area (Å²) in [4.78, 5) is 27.6. The van der Waals surface area contributed by atoms with Gasteiger partial charge in [0.25, 0.3) is 0 Å². The molecule has 0 saturated carbocycles. The van der Waals surface area contributed by atoms with Crippen molar-refractivity contribution in [1.29, 1.82) is 0 Å².